The van der Waals surface area contributed by atoms with Gasteiger partial charge in [-0.25, -0.2) is 0 Å². The predicted octanol–water partition coefficient (Wildman–Crippen LogP) is 4.10. The number of hydrogen-bond donors (Lipinski definition) is 1. The van der Waals surface area contributed by atoms with Gasteiger partial charge in [0, 0.05) is 0 Å². The van der Waals surface area contributed by atoms with Crippen LogP contribution in [-0.4, -0.2) is 18.3 Å². The summed E-state index contributed by atoms with van der Waals surface area (Å²) in [6.07, 6.45) is 5.32. The van der Waals surface area contributed by atoms with Crippen LogP contribution in [0.25, 0.3) is 0 Å². The highest BCUT2D eigenvalue weighted by Gasteiger charge is 2.20. The van der Waals surface area contributed by atoms with E-state index in [0.717, 1.165) is 36.3 Å². The van der Waals surface area contributed by atoms with E-state index in [1.165, 1.54) is 12.8 Å². The summed E-state index contributed by atoms with van der Waals surface area (Å²) in [4.78, 5) is 0. The second-order valence-electron chi connectivity index (χ2n) is 6.08. The third-order valence-corrected chi connectivity index (χ3v) is 3.86. The molecule has 112 valence electrons. The minimum atomic E-state index is -0.438. The van der Waals surface area contributed by atoms with Gasteiger partial charge in [0.05, 0.1) is 19.3 Å². The van der Waals surface area contributed by atoms with Crippen molar-refractivity contribution in [3.05, 3.63) is 23.8 Å². The van der Waals surface area contributed by atoms with Crippen LogP contribution in [0.15, 0.2) is 18.2 Å². The van der Waals surface area contributed by atoms with Crippen molar-refractivity contribution in [1.29, 1.82) is 0 Å². The van der Waals surface area contributed by atoms with E-state index in [1.54, 1.807) is 7.11 Å². The van der Waals surface area contributed by atoms with Gasteiger partial charge >= 0.3 is 0 Å². The summed E-state index contributed by atoms with van der Waals surface area (Å²) in [6.45, 7) is 4.23. The molecule has 1 saturated carbocycles. The monoisotopic (exact) mass is 278 g/mol. The van der Waals surface area contributed by atoms with Crippen LogP contribution in [-0.2, 0) is 0 Å². The Balaban J connectivity index is 2.14. The Hall–Kier alpha value is -1.22. The summed E-state index contributed by atoms with van der Waals surface area (Å²) in [5, 5.41) is 10.2. The molecule has 0 aliphatic heterocycles. The van der Waals surface area contributed by atoms with E-state index >= 15 is 0 Å². The number of aliphatic hydroxyl groups excluding tert-OH is 1. The standard InChI is InChI=1S/C17H26O3/c1-12(2)10-15(18)13-8-9-16(19-3)17(11-13)20-14-6-4-5-7-14/h8-9,11-12,14-15,18H,4-7,10H2,1-3H3. The lowest BCUT2D eigenvalue weighted by atomic mass is 9.99. The van der Waals surface area contributed by atoms with Crippen LogP contribution in [0.4, 0.5) is 0 Å². The molecule has 0 spiro atoms. The van der Waals surface area contributed by atoms with Crippen molar-refractivity contribution in [2.75, 3.05) is 7.11 Å². The summed E-state index contributed by atoms with van der Waals surface area (Å²) >= 11 is 0. The Labute approximate surface area is 121 Å². The van der Waals surface area contributed by atoms with Crippen molar-refractivity contribution < 1.29 is 14.6 Å². The molecule has 0 heterocycles. The number of hydrogen-bond acceptors (Lipinski definition) is 3. The summed E-state index contributed by atoms with van der Waals surface area (Å²) in [6, 6.07) is 5.75. The Bertz CT molecular complexity index is 422. The minimum Gasteiger partial charge on any atom is -0.493 e. The molecule has 3 heteroatoms. The van der Waals surface area contributed by atoms with Crippen LogP contribution >= 0.6 is 0 Å². The zero-order valence-corrected chi connectivity index (χ0v) is 12.8. The highest BCUT2D eigenvalue weighted by atomic mass is 16.5. The Morgan fingerprint density at radius 2 is 1.90 bits per heavy atom. The van der Waals surface area contributed by atoms with Crippen LogP contribution in [0.3, 0.4) is 0 Å². The molecule has 1 aliphatic carbocycles. The molecule has 1 atom stereocenters. The second kappa shape index (κ2) is 6.98. The third-order valence-electron chi connectivity index (χ3n) is 3.86. The fourth-order valence-electron chi connectivity index (χ4n) is 2.76. The Kier molecular flexibility index (Phi) is 5.30. The first-order valence-electron chi connectivity index (χ1n) is 7.62. The molecule has 1 aromatic rings. The fraction of sp³-hybridized carbons (Fsp3) is 0.647. The minimum absolute atomic E-state index is 0.293. The predicted molar refractivity (Wildman–Crippen MR) is 80.3 cm³/mol. The fourth-order valence-corrected chi connectivity index (χ4v) is 2.76. The molecule has 0 radical (unpaired) electrons. The number of methoxy groups -OCH3 is 1. The van der Waals surface area contributed by atoms with E-state index in [1.807, 2.05) is 18.2 Å². The molecular formula is C17H26O3. The van der Waals surface area contributed by atoms with Gasteiger partial charge in [0.2, 0.25) is 0 Å². The van der Waals surface area contributed by atoms with Crippen LogP contribution in [0.5, 0.6) is 11.5 Å². The first kappa shape index (κ1) is 15.2. The van der Waals surface area contributed by atoms with Gasteiger partial charge in [-0.3, -0.25) is 0 Å². The zero-order chi connectivity index (χ0) is 14.5. The highest BCUT2D eigenvalue weighted by Crippen LogP contribution is 2.34. The van der Waals surface area contributed by atoms with Crippen molar-refractivity contribution in [3.8, 4) is 11.5 Å². The Morgan fingerprint density at radius 1 is 1.20 bits per heavy atom. The first-order valence-corrected chi connectivity index (χ1v) is 7.62. The molecule has 1 fully saturated rings. The van der Waals surface area contributed by atoms with E-state index in [4.69, 9.17) is 9.47 Å². The SMILES string of the molecule is COc1ccc(C(O)CC(C)C)cc1OC1CCCC1. The van der Waals surface area contributed by atoms with E-state index in [9.17, 15) is 5.11 Å². The normalized spacial score (nSPS) is 17.4. The van der Waals surface area contributed by atoms with Crippen LogP contribution in [0.2, 0.25) is 0 Å². The van der Waals surface area contributed by atoms with Crippen molar-refractivity contribution >= 4 is 0 Å². The van der Waals surface area contributed by atoms with Crippen molar-refractivity contribution in [1.82, 2.24) is 0 Å². The second-order valence-corrected chi connectivity index (χ2v) is 6.08. The lowest BCUT2D eigenvalue weighted by molar-refractivity contribution is 0.149. The lowest BCUT2D eigenvalue weighted by Crippen LogP contribution is -2.12. The third kappa shape index (κ3) is 3.89. The molecule has 0 saturated heterocycles. The maximum absolute atomic E-state index is 10.2. The topological polar surface area (TPSA) is 38.7 Å². The molecule has 0 bridgehead atoms. The Morgan fingerprint density at radius 3 is 2.50 bits per heavy atom. The smallest absolute Gasteiger partial charge is 0.161 e. The average Bonchev–Trinajstić information content (AvgIpc) is 2.90. The first-order chi connectivity index (χ1) is 9.60. The molecule has 2 rings (SSSR count). The molecule has 0 amide bonds. The van der Waals surface area contributed by atoms with Crippen molar-refractivity contribution in [3.63, 3.8) is 0 Å². The van der Waals surface area contributed by atoms with Gasteiger partial charge in [0.15, 0.2) is 11.5 Å². The zero-order valence-electron chi connectivity index (χ0n) is 12.8. The molecule has 0 aromatic heterocycles. The largest absolute Gasteiger partial charge is 0.493 e. The van der Waals surface area contributed by atoms with Crippen LogP contribution < -0.4 is 9.47 Å². The van der Waals surface area contributed by atoms with Gasteiger partial charge < -0.3 is 14.6 Å². The van der Waals surface area contributed by atoms with Crippen molar-refractivity contribution in [2.45, 2.75) is 58.2 Å². The highest BCUT2D eigenvalue weighted by molar-refractivity contribution is 5.43. The van der Waals surface area contributed by atoms with Gasteiger partial charge in [-0.15, -0.1) is 0 Å². The van der Waals surface area contributed by atoms with Gasteiger partial charge in [-0.05, 0) is 55.7 Å². The van der Waals surface area contributed by atoms with Crippen molar-refractivity contribution in [2.24, 2.45) is 5.92 Å². The van der Waals surface area contributed by atoms with Gasteiger partial charge in [-0.1, -0.05) is 19.9 Å². The van der Waals surface area contributed by atoms with Gasteiger partial charge in [-0.2, -0.15) is 0 Å². The van der Waals surface area contributed by atoms with E-state index in [-0.39, 0.29) is 0 Å². The molecule has 20 heavy (non-hydrogen) atoms. The van der Waals surface area contributed by atoms with Crippen LogP contribution in [0.1, 0.15) is 57.6 Å². The average molecular weight is 278 g/mol. The van der Waals surface area contributed by atoms with E-state index in [2.05, 4.69) is 13.8 Å². The quantitative estimate of drug-likeness (QED) is 0.851. The lowest BCUT2D eigenvalue weighted by Gasteiger charge is -2.19. The number of benzene rings is 1. The van der Waals surface area contributed by atoms with Crippen LogP contribution in [0, 0.1) is 5.92 Å². The molecule has 1 aliphatic rings. The number of rotatable bonds is 6. The summed E-state index contributed by atoms with van der Waals surface area (Å²) in [5.41, 5.74) is 0.910. The number of ether oxygens (including phenoxy) is 2. The van der Waals surface area contributed by atoms with Gasteiger partial charge in [0.1, 0.15) is 0 Å². The van der Waals surface area contributed by atoms with E-state index in [0.29, 0.717) is 12.0 Å². The molecule has 3 nitrogen and oxygen atoms in total. The molecule has 1 N–H and O–H groups in total. The summed E-state index contributed by atoms with van der Waals surface area (Å²) < 4.78 is 11.4. The number of aliphatic hydroxyl groups is 1. The van der Waals surface area contributed by atoms with E-state index < -0.39 is 6.10 Å². The molecule has 1 unspecified atom stereocenters. The maximum Gasteiger partial charge on any atom is 0.161 e. The summed E-state index contributed by atoms with van der Waals surface area (Å²) in [5.74, 6) is 1.98. The maximum atomic E-state index is 10.2. The summed E-state index contributed by atoms with van der Waals surface area (Å²) in [7, 11) is 1.65. The molecule has 1 aromatic carbocycles. The van der Waals surface area contributed by atoms with Gasteiger partial charge in [0.25, 0.3) is 0 Å². The molecular weight excluding hydrogens is 252 g/mol.